The van der Waals surface area contributed by atoms with E-state index >= 15 is 0 Å². The third-order valence-electron chi connectivity index (χ3n) is 5.47. The average Bonchev–Trinajstić information content (AvgIpc) is 2.74. The molecule has 2 aromatic rings. The van der Waals surface area contributed by atoms with E-state index in [0.29, 0.717) is 24.8 Å². The minimum atomic E-state index is -0.618. The van der Waals surface area contributed by atoms with Gasteiger partial charge in [0.15, 0.2) is 6.61 Å². The summed E-state index contributed by atoms with van der Waals surface area (Å²) in [5.74, 6) is 0.525. The van der Waals surface area contributed by atoms with Gasteiger partial charge >= 0.3 is 0 Å². The van der Waals surface area contributed by atoms with Gasteiger partial charge in [-0.05, 0) is 64.4 Å². The molecule has 1 atom stereocenters. The third-order valence-corrected chi connectivity index (χ3v) is 6.09. The van der Waals surface area contributed by atoms with Crippen molar-refractivity contribution >= 4 is 27.7 Å². The quantitative estimate of drug-likeness (QED) is 0.470. The topological polar surface area (TPSA) is 58.6 Å². The summed E-state index contributed by atoms with van der Waals surface area (Å²) >= 11 is 3.56. The average molecular weight is 518 g/mol. The Morgan fingerprint density at radius 2 is 1.70 bits per heavy atom. The van der Waals surface area contributed by atoms with E-state index in [2.05, 4.69) is 42.0 Å². The first-order chi connectivity index (χ1) is 15.4. The van der Waals surface area contributed by atoms with Gasteiger partial charge < -0.3 is 15.0 Å². The number of nitrogens with one attached hydrogen (secondary N) is 1. The number of halogens is 1. The van der Waals surface area contributed by atoms with Crippen molar-refractivity contribution in [2.24, 2.45) is 5.92 Å². The Kier molecular flexibility index (Phi) is 9.53. The molecule has 5 nitrogen and oxygen atoms in total. The minimum absolute atomic E-state index is 0.0144. The molecule has 0 fully saturated rings. The summed E-state index contributed by atoms with van der Waals surface area (Å²) in [4.78, 5) is 27.5. The zero-order valence-electron chi connectivity index (χ0n) is 20.9. The van der Waals surface area contributed by atoms with Gasteiger partial charge in [0.05, 0.1) is 4.47 Å². The van der Waals surface area contributed by atoms with Crippen LogP contribution in [0.25, 0.3) is 0 Å². The van der Waals surface area contributed by atoms with Crippen LogP contribution < -0.4 is 10.1 Å². The van der Waals surface area contributed by atoms with Gasteiger partial charge in [-0.3, -0.25) is 9.59 Å². The van der Waals surface area contributed by atoms with Gasteiger partial charge in [-0.2, -0.15) is 0 Å². The molecule has 0 aromatic heterocycles. The molecule has 2 rings (SSSR count). The number of hydrogen-bond acceptors (Lipinski definition) is 3. The third kappa shape index (κ3) is 8.18. The highest BCUT2D eigenvalue weighted by atomic mass is 79.9. The number of nitrogens with zero attached hydrogens (tertiary/aromatic N) is 1. The highest BCUT2D eigenvalue weighted by molar-refractivity contribution is 9.10. The van der Waals surface area contributed by atoms with Crippen molar-refractivity contribution in [2.75, 3.05) is 13.2 Å². The SMILES string of the molecule is Cc1ccc(CN(C(=O)COc2ccc(C(C)(C)C)cc2Br)[C@H](C)C(=O)NCC(C)C)cc1. The summed E-state index contributed by atoms with van der Waals surface area (Å²) in [5.41, 5.74) is 3.30. The van der Waals surface area contributed by atoms with Crippen LogP contribution in [0.1, 0.15) is 58.2 Å². The van der Waals surface area contributed by atoms with E-state index in [1.165, 1.54) is 5.56 Å². The fourth-order valence-electron chi connectivity index (χ4n) is 3.23. The Bertz CT molecular complexity index is 949. The first kappa shape index (κ1) is 26.9. The first-order valence-corrected chi connectivity index (χ1v) is 12.2. The van der Waals surface area contributed by atoms with Gasteiger partial charge in [-0.15, -0.1) is 0 Å². The lowest BCUT2D eigenvalue weighted by Gasteiger charge is -2.29. The number of amides is 2. The molecule has 2 amide bonds. The van der Waals surface area contributed by atoms with E-state index in [1.807, 2.05) is 63.2 Å². The molecule has 33 heavy (non-hydrogen) atoms. The van der Waals surface area contributed by atoms with Crippen molar-refractivity contribution in [1.29, 1.82) is 0 Å². The molecule has 0 aliphatic rings. The van der Waals surface area contributed by atoms with Crippen LogP contribution >= 0.6 is 15.9 Å². The van der Waals surface area contributed by atoms with Gasteiger partial charge in [-0.1, -0.05) is 70.5 Å². The van der Waals surface area contributed by atoms with Crippen molar-refractivity contribution < 1.29 is 14.3 Å². The number of aryl methyl sites for hydroxylation is 1. The van der Waals surface area contributed by atoms with Gasteiger partial charge in [0.25, 0.3) is 5.91 Å². The molecule has 1 N–H and O–H groups in total. The summed E-state index contributed by atoms with van der Waals surface area (Å²) in [6, 6.07) is 13.3. The number of carbonyl (C=O) groups excluding carboxylic acids is 2. The second-order valence-corrected chi connectivity index (χ2v) is 10.9. The second kappa shape index (κ2) is 11.7. The molecular formula is C27H37BrN2O3. The molecular weight excluding hydrogens is 480 g/mol. The smallest absolute Gasteiger partial charge is 0.261 e. The Morgan fingerprint density at radius 1 is 1.06 bits per heavy atom. The van der Waals surface area contributed by atoms with Crippen molar-refractivity contribution in [3.8, 4) is 5.75 Å². The molecule has 0 bridgehead atoms. The summed E-state index contributed by atoms with van der Waals surface area (Å²) in [7, 11) is 0. The zero-order chi connectivity index (χ0) is 24.8. The molecule has 0 saturated carbocycles. The van der Waals surface area contributed by atoms with Crippen LogP contribution in [0.3, 0.4) is 0 Å². The molecule has 0 unspecified atom stereocenters. The lowest BCUT2D eigenvalue weighted by atomic mass is 9.87. The van der Waals surface area contributed by atoms with Gasteiger partial charge in [0.1, 0.15) is 11.8 Å². The zero-order valence-corrected chi connectivity index (χ0v) is 22.5. The van der Waals surface area contributed by atoms with E-state index in [9.17, 15) is 9.59 Å². The molecule has 0 saturated heterocycles. The number of benzene rings is 2. The van der Waals surface area contributed by atoms with Crippen molar-refractivity contribution in [2.45, 2.75) is 66.5 Å². The maximum Gasteiger partial charge on any atom is 0.261 e. The Hall–Kier alpha value is -2.34. The van der Waals surface area contributed by atoms with E-state index in [1.54, 1.807) is 11.8 Å². The van der Waals surface area contributed by atoms with Gasteiger partial charge in [0.2, 0.25) is 5.91 Å². The number of ether oxygens (including phenoxy) is 1. The van der Waals surface area contributed by atoms with Crippen LogP contribution in [0.5, 0.6) is 5.75 Å². The molecule has 0 radical (unpaired) electrons. The summed E-state index contributed by atoms with van der Waals surface area (Å²) < 4.78 is 6.66. The monoisotopic (exact) mass is 516 g/mol. The predicted octanol–water partition coefficient (Wildman–Crippen LogP) is 5.62. The van der Waals surface area contributed by atoms with Crippen LogP contribution in [-0.4, -0.2) is 35.9 Å². The normalized spacial score (nSPS) is 12.4. The van der Waals surface area contributed by atoms with E-state index in [4.69, 9.17) is 4.74 Å². The summed E-state index contributed by atoms with van der Waals surface area (Å²) in [6.07, 6.45) is 0. The summed E-state index contributed by atoms with van der Waals surface area (Å²) in [5, 5.41) is 2.93. The van der Waals surface area contributed by atoms with Crippen LogP contribution in [0.4, 0.5) is 0 Å². The summed E-state index contributed by atoms with van der Waals surface area (Å²) in [6.45, 7) is 15.0. The minimum Gasteiger partial charge on any atom is -0.483 e. The van der Waals surface area contributed by atoms with Gasteiger partial charge in [0, 0.05) is 13.1 Å². The molecule has 0 heterocycles. The molecule has 180 valence electrons. The van der Waals surface area contributed by atoms with Crippen molar-refractivity contribution in [1.82, 2.24) is 10.2 Å². The predicted molar refractivity (Wildman–Crippen MR) is 137 cm³/mol. The maximum atomic E-state index is 13.2. The molecule has 6 heteroatoms. The number of hydrogen-bond donors (Lipinski definition) is 1. The molecule has 0 aliphatic carbocycles. The van der Waals surface area contributed by atoms with E-state index < -0.39 is 6.04 Å². The number of rotatable bonds is 9. The Labute approximate surface area is 207 Å². The molecule has 2 aromatic carbocycles. The molecule has 0 spiro atoms. The van der Waals surface area contributed by atoms with Crippen molar-refractivity contribution in [3.05, 3.63) is 63.6 Å². The first-order valence-electron chi connectivity index (χ1n) is 11.4. The largest absolute Gasteiger partial charge is 0.483 e. The second-order valence-electron chi connectivity index (χ2n) is 10.0. The van der Waals surface area contributed by atoms with Gasteiger partial charge in [-0.25, -0.2) is 0 Å². The van der Waals surface area contributed by atoms with Crippen LogP contribution in [-0.2, 0) is 21.5 Å². The van der Waals surface area contributed by atoms with Crippen molar-refractivity contribution in [3.63, 3.8) is 0 Å². The molecule has 0 aliphatic heterocycles. The Morgan fingerprint density at radius 3 is 2.24 bits per heavy atom. The highest BCUT2D eigenvalue weighted by Crippen LogP contribution is 2.31. The highest BCUT2D eigenvalue weighted by Gasteiger charge is 2.27. The fourth-order valence-corrected chi connectivity index (χ4v) is 3.73. The number of carbonyl (C=O) groups is 2. The van der Waals surface area contributed by atoms with E-state index in [-0.39, 0.29) is 23.8 Å². The maximum absolute atomic E-state index is 13.2. The van der Waals surface area contributed by atoms with Crippen LogP contribution in [0.15, 0.2) is 46.9 Å². The lowest BCUT2D eigenvalue weighted by Crippen LogP contribution is -2.49. The standard InChI is InChI=1S/C27H37BrN2O3/c1-18(2)15-29-26(32)20(4)30(16-21-10-8-19(3)9-11-21)25(31)17-33-24-13-12-22(14-23(24)28)27(5,6)7/h8-14,18,20H,15-17H2,1-7H3,(H,29,32)/t20-/m1/s1. The van der Waals surface area contributed by atoms with Crippen LogP contribution in [0, 0.1) is 12.8 Å². The van der Waals surface area contributed by atoms with E-state index in [0.717, 1.165) is 15.6 Å². The lowest BCUT2D eigenvalue weighted by molar-refractivity contribution is -0.142. The van der Waals surface area contributed by atoms with Crippen LogP contribution in [0.2, 0.25) is 0 Å². The Balaban J connectivity index is 2.16. The fraction of sp³-hybridized carbons (Fsp3) is 0.481.